The summed E-state index contributed by atoms with van der Waals surface area (Å²) in [6.07, 6.45) is 1.89. The molecule has 0 unspecified atom stereocenters. The first-order valence-electron chi connectivity index (χ1n) is 7.98. The highest BCUT2D eigenvalue weighted by atomic mass is 35.5. The van der Waals surface area contributed by atoms with Gasteiger partial charge in [0.25, 0.3) is 0 Å². The van der Waals surface area contributed by atoms with Crippen molar-refractivity contribution >= 4 is 46.9 Å². The Hall–Kier alpha value is -2.91. The molecule has 0 bridgehead atoms. The summed E-state index contributed by atoms with van der Waals surface area (Å²) in [7, 11) is 0. The maximum atomic E-state index is 13.0. The van der Waals surface area contributed by atoms with Crippen molar-refractivity contribution in [1.82, 2.24) is 15.0 Å². The topological polar surface area (TPSA) is 103 Å². The summed E-state index contributed by atoms with van der Waals surface area (Å²) in [5, 5.41) is 3.17. The minimum absolute atomic E-state index is 0.0481. The van der Waals surface area contributed by atoms with E-state index < -0.39 is 5.97 Å². The number of nitrogens with one attached hydrogen (secondary N) is 1. The number of hydrogen-bond donors (Lipinski definition) is 2. The minimum atomic E-state index is -0.604. The zero-order valence-electron chi connectivity index (χ0n) is 14.6. The number of benzene rings is 2. The SMILES string of the molecule is CSc1ccc(Cl)c(C(=O)OCc2nc(N)nc(Nc3ccc(F)cc3)n2)c1. The van der Waals surface area contributed by atoms with Gasteiger partial charge >= 0.3 is 5.97 Å². The first kappa shape index (κ1) is 19.8. The Balaban J connectivity index is 1.71. The van der Waals surface area contributed by atoms with E-state index in [1.165, 1.54) is 36.0 Å². The smallest absolute Gasteiger partial charge is 0.340 e. The molecule has 144 valence electrons. The van der Waals surface area contributed by atoms with Gasteiger partial charge in [0.1, 0.15) is 5.82 Å². The van der Waals surface area contributed by atoms with Gasteiger partial charge in [0.05, 0.1) is 10.6 Å². The molecule has 28 heavy (non-hydrogen) atoms. The molecule has 0 saturated carbocycles. The molecule has 1 aromatic heterocycles. The lowest BCUT2D eigenvalue weighted by atomic mass is 10.2. The van der Waals surface area contributed by atoms with Gasteiger partial charge in [-0.1, -0.05) is 11.6 Å². The van der Waals surface area contributed by atoms with Crippen LogP contribution in [0.5, 0.6) is 0 Å². The van der Waals surface area contributed by atoms with Crippen LogP contribution in [0.3, 0.4) is 0 Å². The summed E-state index contributed by atoms with van der Waals surface area (Å²) >= 11 is 7.56. The monoisotopic (exact) mass is 419 g/mol. The van der Waals surface area contributed by atoms with Crippen molar-refractivity contribution in [3.8, 4) is 0 Å². The molecule has 0 fully saturated rings. The van der Waals surface area contributed by atoms with Crippen molar-refractivity contribution in [1.29, 1.82) is 0 Å². The average molecular weight is 420 g/mol. The molecule has 0 aliphatic rings. The predicted octanol–water partition coefficient (Wildman–Crippen LogP) is 4.07. The molecular formula is C18H15ClFN5O2S. The second-order valence-electron chi connectivity index (χ2n) is 5.49. The third-order valence-corrected chi connectivity index (χ3v) is 4.58. The van der Waals surface area contributed by atoms with Crippen molar-refractivity contribution in [2.75, 3.05) is 17.3 Å². The molecular weight excluding hydrogens is 405 g/mol. The van der Waals surface area contributed by atoms with Crippen LogP contribution in [0.15, 0.2) is 47.4 Å². The van der Waals surface area contributed by atoms with Crippen LogP contribution >= 0.6 is 23.4 Å². The van der Waals surface area contributed by atoms with Gasteiger partial charge in [-0.15, -0.1) is 11.8 Å². The Morgan fingerprint density at radius 1 is 1.21 bits per heavy atom. The first-order valence-corrected chi connectivity index (χ1v) is 9.58. The molecule has 0 spiro atoms. The van der Waals surface area contributed by atoms with E-state index in [2.05, 4.69) is 20.3 Å². The molecule has 1 heterocycles. The summed E-state index contributed by atoms with van der Waals surface area (Å²) in [6, 6.07) is 10.7. The number of carbonyl (C=O) groups is 1. The highest BCUT2D eigenvalue weighted by molar-refractivity contribution is 7.98. The molecule has 7 nitrogen and oxygen atoms in total. The molecule has 2 aromatic carbocycles. The van der Waals surface area contributed by atoms with Crippen LogP contribution in [-0.2, 0) is 11.3 Å². The van der Waals surface area contributed by atoms with Gasteiger partial charge in [0, 0.05) is 10.6 Å². The fourth-order valence-corrected chi connectivity index (χ4v) is 2.85. The number of thioether (sulfide) groups is 1. The molecule has 0 atom stereocenters. The Kier molecular flexibility index (Phi) is 6.27. The van der Waals surface area contributed by atoms with Crippen molar-refractivity contribution in [3.63, 3.8) is 0 Å². The van der Waals surface area contributed by atoms with Crippen LogP contribution in [0, 0.1) is 5.82 Å². The van der Waals surface area contributed by atoms with Crippen LogP contribution in [0.2, 0.25) is 5.02 Å². The highest BCUT2D eigenvalue weighted by Crippen LogP contribution is 2.24. The fraction of sp³-hybridized carbons (Fsp3) is 0.111. The zero-order valence-corrected chi connectivity index (χ0v) is 16.2. The van der Waals surface area contributed by atoms with E-state index in [-0.39, 0.29) is 40.7 Å². The quantitative estimate of drug-likeness (QED) is 0.455. The standard InChI is InChI=1S/C18H15ClFN5O2S/c1-28-12-6-7-14(19)13(8-12)16(26)27-9-15-23-17(21)25-18(24-15)22-11-4-2-10(20)3-5-11/h2-8H,9H2,1H3,(H3,21,22,23,24,25). The van der Waals surface area contributed by atoms with Crippen LogP contribution in [0.4, 0.5) is 22.0 Å². The van der Waals surface area contributed by atoms with Gasteiger partial charge in [-0.25, -0.2) is 9.18 Å². The summed E-state index contributed by atoms with van der Waals surface area (Å²) in [5.41, 5.74) is 6.51. The minimum Gasteiger partial charge on any atom is -0.454 e. The molecule has 3 N–H and O–H groups in total. The number of carbonyl (C=O) groups excluding carboxylic acids is 1. The number of anilines is 3. The van der Waals surface area contributed by atoms with Crippen molar-refractivity contribution in [2.45, 2.75) is 11.5 Å². The average Bonchev–Trinajstić information content (AvgIpc) is 2.68. The number of rotatable bonds is 6. The molecule has 0 amide bonds. The van der Waals surface area contributed by atoms with E-state index in [0.717, 1.165) is 4.90 Å². The lowest BCUT2D eigenvalue weighted by Gasteiger charge is -2.09. The van der Waals surface area contributed by atoms with E-state index in [0.29, 0.717) is 5.69 Å². The van der Waals surface area contributed by atoms with E-state index in [1.54, 1.807) is 12.1 Å². The number of esters is 1. The van der Waals surface area contributed by atoms with E-state index in [1.807, 2.05) is 12.3 Å². The molecule has 10 heteroatoms. The number of hydrogen-bond acceptors (Lipinski definition) is 8. The molecule has 0 aliphatic heterocycles. The van der Waals surface area contributed by atoms with Gasteiger partial charge in [0.15, 0.2) is 12.4 Å². The number of nitrogens with zero attached hydrogens (tertiary/aromatic N) is 3. The van der Waals surface area contributed by atoms with Crippen LogP contribution in [0.25, 0.3) is 0 Å². The lowest BCUT2D eigenvalue weighted by Crippen LogP contribution is -2.11. The Morgan fingerprint density at radius 2 is 1.96 bits per heavy atom. The Morgan fingerprint density at radius 3 is 2.68 bits per heavy atom. The summed E-state index contributed by atoms with van der Waals surface area (Å²) < 4.78 is 18.2. The van der Waals surface area contributed by atoms with Gasteiger partial charge < -0.3 is 15.8 Å². The molecule has 0 aliphatic carbocycles. The van der Waals surface area contributed by atoms with E-state index in [9.17, 15) is 9.18 Å². The molecule has 3 aromatic rings. The van der Waals surface area contributed by atoms with Gasteiger partial charge in [-0.3, -0.25) is 0 Å². The largest absolute Gasteiger partial charge is 0.454 e. The fourth-order valence-electron chi connectivity index (χ4n) is 2.22. The number of nitrogen functional groups attached to an aromatic ring is 1. The summed E-state index contributed by atoms with van der Waals surface area (Å²) in [5.74, 6) is -0.714. The number of aromatic nitrogens is 3. The molecule has 3 rings (SSSR count). The maximum absolute atomic E-state index is 13.0. The van der Waals surface area contributed by atoms with E-state index >= 15 is 0 Å². The van der Waals surface area contributed by atoms with Crippen molar-refractivity contribution < 1.29 is 13.9 Å². The second kappa shape index (κ2) is 8.85. The second-order valence-corrected chi connectivity index (χ2v) is 6.77. The van der Waals surface area contributed by atoms with Crippen LogP contribution in [0.1, 0.15) is 16.2 Å². The molecule has 0 saturated heterocycles. The normalized spacial score (nSPS) is 10.5. The van der Waals surface area contributed by atoms with Gasteiger partial charge in [-0.05, 0) is 48.7 Å². The predicted molar refractivity (Wildman–Crippen MR) is 106 cm³/mol. The van der Waals surface area contributed by atoms with Crippen molar-refractivity contribution in [2.24, 2.45) is 0 Å². The maximum Gasteiger partial charge on any atom is 0.340 e. The number of nitrogens with two attached hydrogens (primary N) is 1. The van der Waals surface area contributed by atoms with E-state index in [4.69, 9.17) is 22.1 Å². The number of ether oxygens (including phenoxy) is 1. The third-order valence-electron chi connectivity index (χ3n) is 3.53. The Bertz CT molecular complexity index is 1000. The third kappa shape index (κ3) is 5.08. The van der Waals surface area contributed by atoms with Crippen molar-refractivity contribution in [3.05, 3.63) is 64.7 Å². The van der Waals surface area contributed by atoms with Crippen LogP contribution in [-0.4, -0.2) is 27.2 Å². The number of halogens is 2. The lowest BCUT2D eigenvalue weighted by molar-refractivity contribution is 0.0462. The zero-order chi connectivity index (χ0) is 20.1. The summed E-state index contributed by atoms with van der Waals surface area (Å²) in [6.45, 7) is -0.219. The summed E-state index contributed by atoms with van der Waals surface area (Å²) in [4.78, 5) is 25.3. The van der Waals surface area contributed by atoms with Gasteiger partial charge in [0.2, 0.25) is 11.9 Å². The first-order chi connectivity index (χ1) is 13.4. The Labute approximate surface area is 169 Å². The molecule has 0 radical (unpaired) electrons. The highest BCUT2D eigenvalue weighted by Gasteiger charge is 2.14. The van der Waals surface area contributed by atoms with Crippen LogP contribution < -0.4 is 11.1 Å². The van der Waals surface area contributed by atoms with Gasteiger partial charge in [-0.2, -0.15) is 15.0 Å².